The molecule has 0 aromatic heterocycles. The largest absolute Gasteiger partial charge is 0.466 e. The highest BCUT2D eigenvalue weighted by Gasteiger charge is 2.06. The lowest BCUT2D eigenvalue weighted by molar-refractivity contribution is -0.144. The van der Waals surface area contributed by atoms with Crippen molar-refractivity contribution in [3.8, 4) is 0 Å². The normalized spacial score (nSPS) is 11.6. The van der Waals surface area contributed by atoms with E-state index in [2.05, 4.69) is 38.2 Å². The molecule has 0 saturated heterocycles. The molecule has 0 saturated carbocycles. The van der Waals surface area contributed by atoms with Crippen molar-refractivity contribution in [1.82, 2.24) is 0 Å². The molecule has 48 heavy (non-hydrogen) atoms. The van der Waals surface area contributed by atoms with Gasteiger partial charge in [0.2, 0.25) is 0 Å². The lowest BCUT2D eigenvalue weighted by Gasteiger charge is -2.06. The lowest BCUT2D eigenvalue weighted by Crippen LogP contribution is -2.07. The van der Waals surface area contributed by atoms with Gasteiger partial charge in [0.1, 0.15) is 0 Å². The molecule has 0 spiro atoms. The van der Waals surface area contributed by atoms with Gasteiger partial charge >= 0.3 is 11.9 Å². The fourth-order valence-corrected chi connectivity index (χ4v) is 7.53. The summed E-state index contributed by atoms with van der Waals surface area (Å²) in [6.45, 7) is 5.63. The molecule has 0 bridgehead atoms. The van der Waals surface area contributed by atoms with Gasteiger partial charge < -0.3 is 9.47 Å². The SMILES string of the molecule is CCCCCCCC/C=C\CCCCCCCCOC(=O)CCSSCCC(=O)OCCCCCCCC/C=C\CCCCCCCC. The third-order valence-corrected chi connectivity index (χ3v) is 11.1. The number of carbonyl (C=O) groups is 2. The second-order valence-corrected chi connectivity index (χ2v) is 16.2. The third kappa shape index (κ3) is 41.3. The Morgan fingerprint density at radius 1 is 0.396 bits per heavy atom. The fraction of sp³-hybridized carbons (Fsp3) is 0.857. The smallest absolute Gasteiger partial charge is 0.306 e. The summed E-state index contributed by atoms with van der Waals surface area (Å²) in [4.78, 5) is 23.9. The van der Waals surface area contributed by atoms with Crippen LogP contribution in [0.15, 0.2) is 24.3 Å². The number of esters is 2. The van der Waals surface area contributed by atoms with Crippen LogP contribution in [0.4, 0.5) is 0 Å². The summed E-state index contributed by atoms with van der Waals surface area (Å²) in [5, 5.41) is 0. The first-order chi connectivity index (χ1) is 23.7. The summed E-state index contributed by atoms with van der Waals surface area (Å²) in [6, 6.07) is 0. The van der Waals surface area contributed by atoms with Crippen LogP contribution in [0.2, 0.25) is 0 Å². The molecule has 4 nitrogen and oxygen atoms in total. The Labute approximate surface area is 307 Å². The van der Waals surface area contributed by atoms with Crippen LogP contribution < -0.4 is 0 Å². The molecule has 0 amide bonds. The van der Waals surface area contributed by atoms with Crippen molar-refractivity contribution >= 4 is 33.5 Å². The molecule has 6 heteroatoms. The van der Waals surface area contributed by atoms with Crippen molar-refractivity contribution in [2.24, 2.45) is 0 Å². The average Bonchev–Trinajstić information content (AvgIpc) is 3.09. The summed E-state index contributed by atoms with van der Waals surface area (Å²) in [5.74, 6) is 1.24. The van der Waals surface area contributed by atoms with Gasteiger partial charge in [0, 0.05) is 11.5 Å². The Balaban J connectivity index is 3.30. The molecule has 0 radical (unpaired) electrons. The number of ether oxygens (including phenoxy) is 2. The monoisotopic (exact) mass is 711 g/mol. The number of carbonyl (C=O) groups excluding carboxylic acids is 2. The van der Waals surface area contributed by atoms with Crippen molar-refractivity contribution in [2.75, 3.05) is 24.7 Å². The van der Waals surface area contributed by atoms with Crippen LogP contribution in [0.25, 0.3) is 0 Å². The van der Waals surface area contributed by atoms with Gasteiger partial charge in [-0.25, -0.2) is 0 Å². The van der Waals surface area contributed by atoms with Crippen LogP contribution >= 0.6 is 21.6 Å². The highest BCUT2D eigenvalue weighted by atomic mass is 33.1. The van der Waals surface area contributed by atoms with E-state index in [4.69, 9.17) is 9.47 Å². The number of rotatable bonds is 39. The summed E-state index contributed by atoms with van der Waals surface area (Å²) in [5.41, 5.74) is 0. The molecule has 0 aliphatic carbocycles. The second-order valence-electron chi connectivity index (χ2n) is 13.5. The molecule has 0 aromatic rings. The summed E-state index contributed by atoms with van der Waals surface area (Å²) in [6.07, 6.45) is 46.2. The molecule has 0 aliphatic rings. The zero-order valence-electron chi connectivity index (χ0n) is 31.8. The summed E-state index contributed by atoms with van der Waals surface area (Å²) < 4.78 is 10.8. The van der Waals surface area contributed by atoms with Gasteiger partial charge in [-0.3, -0.25) is 9.59 Å². The molecule has 0 aliphatic heterocycles. The van der Waals surface area contributed by atoms with Crippen LogP contribution in [0.5, 0.6) is 0 Å². The van der Waals surface area contributed by atoms with E-state index in [0.717, 1.165) is 37.2 Å². The Bertz CT molecular complexity index is 664. The number of allylic oxidation sites excluding steroid dienone is 4. The Kier molecular flexibility index (Phi) is 41.5. The number of unbranched alkanes of at least 4 members (excludes halogenated alkanes) is 24. The van der Waals surface area contributed by atoms with E-state index >= 15 is 0 Å². The molecule has 0 N–H and O–H groups in total. The first-order valence-electron chi connectivity index (χ1n) is 20.6. The standard InChI is InChI=1S/C42H78O4S2/c1-3-5-7-9-11-13-15-17-19-21-23-25-27-29-31-33-37-45-41(43)35-39-47-48-40-36-42(44)46-38-34-32-30-28-26-24-22-20-18-16-14-12-10-8-6-4-2/h17-20H,3-16,21-40H2,1-2H3/b19-17-,20-18-. The first-order valence-corrected chi connectivity index (χ1v) is 23.0. The predicted octanol–water partition coefficient (Wildman–Crippen LogP) is 14.3. The molecule has 0 atom stereocenters. The summed E-state index contributed by atoms with van der Waals surface area (Å²) in [7, 11) is 3.28. The molecule has 0 aromatic carbocycles. The fourth-order valence-electron chi connectivity index (χ4n) is 5.58. The quantitative estimate of drug-likeness (QED) is 0.0274. The second kappa shape index (κ2) is 42.3. The molecule has 0 heterocycles. The van der Waals surface area contributed by atoms with E-state index in [1.807, 2.05) is 0 Å². The maximum absolute atomic E-state index is 12.0. The maximum atomic E-state index is 12.0. The molecule has 0 rings (SSSR count). The number of hydrogen-bond acceptors (Lipinski definition) is 6. The van der Waals surface area contributed by atoms with E-state index in [0.29, 0.717) is 26.1 Å². The molecular formula is C42H78O4S2. The minimum absolute atomic E-state index is 0.106. The van der Waals surface area contributed by atoms with Gasteiger partial charge in [-0.15, -0.1) is 0 Å². The Morgan fingerprint density at radius 3 is 0.979 bits per heavy atom. The van der Waals surface area contributed by atoms with Gasteiger partial charge in [0.05, 0.1) is 26.1 Å². The highest BCUT2D eigenvalue weighted by molar-refractivity contribution is 8.76. The van der Waals surface area contributed by atoms with Crippen molar-refractivity contribution in [3.63, 3.8) is 0 Å². The third-order valence-electron chi connectivity index (χ3n) is 8.70. The van der Waals surface area contributed by atoms with Crippen molar-refractivity contribution in [1.29, 1.82) is 0 Å². The van der Waals surface area contributed by atoms with Gasteiger partial charge in [-0.1, -0.05) is 175 Å². The molecular weight excluding hydrogens is 633 g/mol. The van der Waals surface area contributed by atoms with Crippen molar-refractivity contribution < 1.29 is 19.1 Å². The highest BCUT2D eigenvalue weighted by Crippen LogP contribution is 2.23. The van der Waals surface area contributed by atoms with Crippen LogP contribution in [-0.4, -0.2) is 36.7 Å². The van der Waals surface area contributed by atoms with E-state index in [-0.39, 0.29) is 11.9 Å². The average molecular weight is 711 g/mol. The van der Waals surface area contributed by atoms with E-state index < -0.39 is 0 Å². The predicted molar refractivity (Wildman–Crippen MR) is 215 cm³/mol. The van der Waals surface area contributed by atoms with E-state index in [1.165, 1.54) is 154 Å². The first kappa shape index (κ1) is 47.1. The molecule has 0 unspecified atom stereocenters. The van der Waals surface area contributed by atoms with E-state index in [9.17, 15) is 9.59 Å². The summed E-state index contributed by atoms with van der Waals surface area (Å²) >= 11 is 0. The van der Waals surface area contributed by atoms with Crippen molar-refractivity contribution in [2.45, 2.75) is 206 Å². The Hall–Kier alpha value is -0.880. The molecule has 0 fully saturated rings. The van der Waals surface area contributed by atoms with Crippen LogP contribution in [0.3, 0.4) is 0 Å². The Morgan fingerprint density at radius 2 is 0.667 bits per heavy atom. The van der Waals surface area contributed by atoms with Gasteiger partial charge in [0.25, 0.3) is 0 Å². The topological polar surface area (TPSA) is 52.6 Å². The maximum Gasteiger partial charge on any atom is 0.306 e. The minimum Gasteiger partial charge on any atom is -0.466 e. The zero-order valence-corrected chi connectivity index (χ0v) is 33.4. The van der Waals surface area contributed by atoms with Crippen LogP contribution in [0, 0.1) is 0 Å². The number of hydrogen-bond donors (Lipinski definition) is 0. The van der Waals surface area contributed by atoms with Gasteiger partial charge in [0.15, 0.2) is 0 Å². The van der Waals surface area contributed by atoms with Gasteiger partial charge in [-0.05, 0) is 64.2 Å². The minimum atomic E-state index is -0.106. The zero-order chi connectivity index (χ0) is 34.9. The van der Waals surface area contributed by atoms with Crippen molar-refractivity contribution in [3.05, 3.63) is 24.3 Å². The van der Waals surface area contributed by atoms with Gasteiger partial charge in [-0.2, -0.15) is 0 Å². The lowest BCUT2D eigenvalue weighted by atomic mass is 10.1. The molecule has 282 valence electrons. The van der Waals surface area contributed by atoms with E-state index in [1.54, 1.807) is 21.6 Å². The van der Waals surface area contributed by atoms with Crippen LogP contribution in [0.1, 0.15) is 206 Å². The van der Waals surface area contributed by atoms with Crippen LogP contribution in [-0.2, 0) is 19.1 Å².